The number of aromatic nitrogens is 4. The molecule has 2 aliphatic heterocycles. The first-order valence-corrected chi connectivity index (χ1v) is 13.7. The van der Waals surface area contributed by atoms with Gasteiger partial charge in [0.25, 0.3) is 0 Å². The van der Waals surface area contributed by atoms with Crippen LogP contribution in [0.3, 0.4) is 0 Å². The smallest absolute Gasteiger partial charge is 0.385 e. The molecule has 0 spiro atoms. The number of hydrogen-bond donors (Lipinski definition) is 4. The number of alkyl halides is 3. The predicted molar refractivity (Wildman–Crippen MR) is 148 cm³/mol. The van der Waals surface area contributed by atoms with E-state index in [-0.39, 0.29) is 22.3 Å². The van der Waals surface area contributed by atoms with E-state index in [0.717, 1.165) is 0 Å². The van der Waals surface area contributed by atoms with E-state index in [2.05, 4.69) is 30.4 Å². The van der Waals surface area contributed by atoms with Crippen molar-refractivity contribution in [3.05, 3.63) is 51.8 Å². The van der Waals surface area contributed by atoms with Gasteiger partial charge >= 0.3 is 6.36 Å². The van der Waals surface area contributed by atoms with Crippen LogP contribution in [0, 0.1) is 5.82 Å². The van der Waals surface area contributed by atoms with Gasteiger partial charge in [-0.3, -0.25) is 19.7 Å². The Morgan fingerprint density at radius 3 is 2.62 bits per heavy atom. The van der Waals surface area contributed by atoms with E-state index in [1.807, 2.05) is 13.8 Å². The number of rotatable bonds is 7. The second-order valence-electron chi connectivity index (χ2n) is 11.6. The fraction of sp³-hybridized carbons (Fsp3) is 0.519. The second kappa shape index (κ2) is 10.6. The van der Waals surface area contributed by atoms with Crippen molar-refractivity contribution in [2.45, 2.75) is 90.1 Å². The molecule has 2 aliphatic rings. The number of halogens is 5. The fourth-order valence-corrected chi connectivity index (χ4v) is 5.59. The Bertz CT molecular complexity index is 1570. The molecular formula is C27H32ClF4N7O3. The Morgan fingerprint density at radius 2 is 1.98 bits per heavy atom. The summed E-state index contributed by atoms with van der Waals surface area (Å²) in [5.74, 6) is -0.265. The molecule has 228 valence electrons. The van der Waals surface area contributed by atoms with E-state index in [1.165, 1.54) is 23.0 Å². The number of aliphatic imine (C=N–C) groups is 1. The number of nitrogens with one attached hydrogen (secondary N) is 2. The standard InChI is InChI=1S/C27H32ClF4N7O3/c1-13(2)39-18-9-14(8-17(29)21(18)34-23(39)25(3,4)41)20-16(28)11-33-24(35-20)36-26(5)6-7-38-19(22(26)40)10-15(37-38)12-42-27(30,31)32/h8-11,13,22,24,35-36,40-41H,6-7,12H2,1-5H3/t22-,24?,26-/m0/s1. The number of benzene rings is 1. The van der Waals surface area contributed by atoms with Gasteiger partial charge in [-0.05, 0) is 59.2 Å². The van der Waals surface area contributed by atoms with Crippen LogP contribution >= 0.6 is 11.6 Å². The molecule has 4 N–H and O–H groups in total. The van der Waals surface area contributed by atoms with Gasteiger partial charge in [-0.25, -0.2) is 9.37 Å². The topological polar surface area (TPSA) is 122 Å². The molecule has 0 amide bonds. The van der Waals surface area contributed by atoms with Crippen molar-refractivity contribution < 1.29 is 32.5 Å². The molecule has 5 rings (SSSR count). The number of ether oxygens (including phenoxy) is 1. The van der Waals surface area contributed by atoms with Crippen molar-refractivity contribution in [2.75, 3.05) is 0 Å². The summed E-state index contributed by atoms with van der Waals surface area (Å²) in [4.78, 5) is 8.78. The summed E-state index contributed by atoms with van der Waals surface area (Å²) in [6.07, 6.45) is -4.93. The summed E-state index contributed by atoms with van der Waals surface area (Å²) >= 11 is 6.51. The zero-order chi connectivity index (χ0) is 30.8. The Kier molecular flexibility index (Phi) is 7.67. The highest BCUT2D eigenvalue weighted by Gasteiger charge is 2.42. The van der Waals surface area contributed by atoms with Crippen LogP contribution in [0.5, 0.6) is 0 Å². The lowest BCUT2D eigenvalue weighted by molar-refractivity contribution is -0.330. The molecule has 0 saturated carbocycles. The summed E-state index contributed by atoms with van der Waals surface area (Å²) < 4.78 is 60.0. The molecule has 0 radical (unpaired) electrons. The maximum Gasteiger partial charge on any atom is 0.522 e. The van der Waals surface area contributed by atoms with Gasteiger partial charge in [0.2, 0.25) is 0 Å². The highest BCUT2D eigenvalue weighted by atomic mass is 35.5. The van der Waals surface area contributed by atoms with Gasteiger partial charge in [0.15, 0.2) is 12.1 Å². The van der Waals surface area contributed by atoms with Gasteiger partial charge in [0.1, 0.15) is 23.0 Å². The predicted octanol–water partition coefficient (Wildman–Crippen LogP) is 4.57. The largest absolute Gasteiger partial charge is 0.522 e. The van der Waals surface area contributed by atoms with Crippen LogP contribution < -0.4 is 10.6 Å². The summed E-state index contributed by atoms with van der Waals surface area (Å²) in [5.41, 5.74) is -0.480. The highest BCUT2D eigenvalue weighted by Crippen LogP contribution is 2.36. The quantitative estimate of drug-likeness (QED) is 0.288. The summed E-state index contributed by atoms with van der Waals surface area (Å²) in [7, 11) is 0. The SMILES string of the molecule is CC(C)n1c(C(C)(C)O)nc2c(F)cc(C3=C(Cl)C=NC(N[C@@]4(C)CCn5nc(COC(F)(F)F)cc5[C@@H]4O)N3)cc21. The minimum Gasteiger partial charge on any atom is -0.385 e. The molecule has 0 bridgehead atoms. The van der Waals surface area contributed by atoms with Crippen LogP contribution in [-0.2, 0) is 23.5 Å². The van der Waals surface area contributed by atoms with Gasteiger partial charge in [-0.15, -0.1) is 13.2 Å². The molecular weight excluding hydrogens is 582 g/mol. The number of allylic oxidation sites excluding steroid dienone is 1. The molecule has 1 unspecified atom stereocenters. The Morgan fingerprint density at radius 1 is 1.26 bits per heavy atom. The van der Waals surface area contributed by atoms with E-state index in [9.17, 15) is 23.4 Å². The third-order valence-electron chi connectivity index (χ3n) is 7.40. The van der Waals surface area contributed by atoms with Gasteiger partial charge < -0.3 is 20.1 Å². The first-order valence-electron chi connectivity index (χ1n) is 13.3. The van der Waals surface area contributed by atoms with E-state index < -0.39 is 42.3 Å². The molecule has 42 heavy (non-hydrogen) atoms. The molecule has 0 fully saturated rings. The molecule has 1 aromatic carbocycles. The number of fused-ring (bicyclic) bond motifs is 2. The second-order valence-corrected chi connectivity index (χ2v) is 12.0. The normalized spacial score (nSPS) is 23.2. The lowest BCUT2D eigenvalue weighted by Crippen LogP contribution is -2.58. The molecule has 10 nitrogen and oxygen atoms in total. The third kappa shape index (κ3) is 5.78. The molecule has 3 atom stereocenters. The van der Waals surface area contributed by atoms with Crippen molar-refractivity contribution in [1.29, 1.82) is 0 Å². The van der Waals surface area contributed by atoms with Crippen molar-refractivity contribution >= 4 is 34.5 Å². The fourth-order valence-electron chi connectivity index (χ4n) is 5.37. The number of nitrogens with zero attached hydrogens (tertiary/aromatic N) is 5. The van der Waals surface area contributed by atoms with Crippen LogP contribution in [0.2, 0.25) is 0 Å². The molecule has 0 aliphatic carbocycles. The minimum absolute atomic E-state index is 0.0437. The summed E-state index contributed by atoms with van der Waals surface area (Å²) in [5, 5.41) is 32.7. The minimum atomic E-state index is -4.80. The summed E-state index contributed by atoms with van der Waals surface area (Å²) in [6, 6.07) is 4.29. The molecule has 4 heterocycles. The van der Waals surface area contributed by atoms with E-state index in [0.29, 0.717) is 41.3 Å². The van der Waals surface area contributed by atoms with E-state index in [4.69, 9.17) is 11.6 Å². The highest BCUT2D eigenvalue weighted by molar-refractivity contribution is 6.42. The number of imidazole rings is 1. The average Bonchev–Trinajstić information content (AvgIpc) is 3.48. The number of aliphatic hydroxyl groups is 2. The monoisotopic (exact) mass is 613 g/mol. The van der Waals surface area contributed by atoms with Gasteiger partial charge in [-0.1, -0.05) is 11.6 Å². The van der Waals surface area contributed by atoms with Crippen LogP contribution in [0.15, 0.2) is 28.2 Å². The number of aryl methyl sites for hydroxylation is 1. The van der Waals surface area contributed by atoms with Crippen molar-refractivity contribution in [2.24, 2.45) is 4.99 Å². The van der Waals surface area contributed by atoms with Crippen molar-refractivity contribution in [3.63, 3.8) is 0 Å². The number of aliphatic hydroxyl groups excluding tert-OH is 1. The first kappa shape index (κ1) is 30.4. The maximum absolute atomic E-state index is 15.4. The van der Waals surface area contributed by atoms with Gasteiger partial charge in [0, 0.05) is 24.4 Å². The Balaban J connectivity index is 1.40. The van der Waals surface area contributed by atoms with Crippen molar-refractivity contribution in [3.8, 4) is 0 Å². The van der Waals surface area contributed by atoms with Gasteiger partial charge in [0.05, 0.1) is 39.8 Å². The summed E-state index contributed by atoms with van der Waals surface area (Å²) in [6.45, 7) is 8.32. The van der Waals surface area contributed by atoms with Crippen LogP contribution in [0.25, 0.3) is 16.7 Å². The maximum atomic E-state index is 15.4. The lowest BCUT2D eigenvalue weighted by atomic mass is 9.86. The van der Waals surface area contributed by atoms with E-state index in [1.54, 1.807) is 31.4 Å². The number of hydrogen-bond acceptors (Lipinski definition) is 8. The van der Waals surface area contributed by atoms with Gasteiger partial charge in [-0.2, -0.15) is 5.10 Å². The lowest BCUT2D eigenvalue weighted by Gasteiger charge is -2.42. The van der Waals surface area contributed by atoms with Crippen LogP contribution in [0.4, 0.5) is 17.6 Å². The zero-order valence-corrected chi connectivity index (χ0v) is 24.3. The average molecular weight is 614 g/mol. The first-order chi connectivity index (χ1) is 19.5. The third-order valence-corrected chi connectivity index (χ3v) is 7.68. The van der Waals surface area contributed by atoms with E-state index >= 15 is 4.39 Å². The molecule has 3 aromatic rings. The molecule has 2 aromatic heterocycles. The molecule has 15 heteroatoms. The Labute approximate surface area is 244 Å². The zero-order valence-electron chi connectivity index (χ0n) is 23.6. The molecule has 0 saturated heterocycles. The Hall–Kier alpha value is -3.04. The van der Waals surface area contributed by atoms with Crippen LogP contribution in [-0.4, -0.2) is 54.0 Å². The van der Waals surface area contributed by atoms with Crippen molar-refractivity contribution in [1.82, 2.24) is 30.0 Å². The van der Waals surface area contributed by atoms with Crippen LogP contribution in [0.1, 0.15) is 76.0 Å².